The summed E-state index contributed by atoms with van der Waals surface area (Å²) in [5, 5.41) is 6.39. The van der Waals surface area contributed by atoms with Gasteiger partial charge >= 0.3 is 12.2 Å². The van der Waals surface area contributed by atoms with Crippen molar-refractivity contribution in [2.45, 2.75) is 12.7 Å². The van der Waals surface area contributed by atoms with Gasteiger partial charge in [-0.25, -0.2) is 9.18 Å². The molecule has 2 heterocycles. The second-order valence-corrected chi connectivity index (χ2v) is 8.16. The molecule has 0 saturated carbocycles. The highest BCUT2D eigenvalue weighted by Crippen LogP contribution is 2.36. The maximum atomic E-state index is 13.8. The van der Waals surface area contributed by atoms with E-state index in [0.29, 0.717) is 17.4 Å². The summed E-state index contributed by atoms with van der Waals surface area (Å²) in [5.74, 6) is -1.31. The van der Waals surface area contributed by atoms with E-state index in [2.05, 4.69) is 15.6 Å². The molecule has 7 nitrogen and oxygen atoms in total. The normalized spacial score (nSPS) is 13.3. The summed E-state index contributed by atoms with van der Waals surface area (Å²) in [5.41, 5.74) is 0.921. The largest absolute Gasteiger partial charge is 0.481 e. The van der Waals surface area contributed by atoms with Gasteiger partial charge in [-0.15, -0.1) is 0 Å². The molecule has 0 aliphatic carbocycles. The Morgan fingerprint density at radius 2 is 1.75 bits per heavy atom. The number of nitrogens with zero attached hydrogens (tertiary/aromatic N) is 1. The van der Waals surface area contributed by atoms with Gasteiger partial charge in [0.1, 0.15) is 11.6 Å². The summed E-state index contributed by atoms with van der Waals surface area (Å²) in [6, 6.07) is 13.5. The lowest BCUT2D eigenvalue weighted by Crippen LogP contribution is -2.38. The molecule has 3 aromatic carbocycles. The van der Waals surface area contributed by atoms with Crippen LogP contribution in [-0.2, 0) is 17.5 Å². The van der Waals surface area contributed by atoms with Crippen LogP contribution in [0.15, 0.2) is 66.9 Å². The van der Waals surface area contributed by atoms with Crippen LogP contribution in [-0.4, -0.2) is 23.5 Å². The van der Waals surface area contributed by atoms with Gasteiger partial charge < -0.3 is 25.3 Å². The molecule has 0 fully saturated rings. The number of fused-ring (bicyclic) bond motifs is 2. The van der Waals surface area contributed by atoms with Crippen LogP contribution in [0.3, 0.4) is 0 Å². The number of nitrogens with one attached hydrogen (secondary N) is 3. The van der Waals surface area contributed by atoms with Gasteiger partial charge in [-0.1, -0.05) is 6.07 Å². The van der Waals surface area contributed by atoms with Crippen LogP contribution in [0, 0.1) is 5.82 Å². The van der Waals surface area contributed by atoms with E-state index in [9.17, 15) is 27.2 Å². The number of halogens is 4. The molecule has 1 aliphatic rings. The second kappa shape index (κ2) is 8.91. The Balaban J connectivity index is 1.33. The van der Waals surface area contributed by atoms with Gasteiger partial charge in [0.25, 0.3) is 5.91 Å². The standard InChI is InChI=1S/C25H18F4N4O3/c26-17-8-14(7-16(9-17)25(27,28)29)12-33-21-4-3-19(11-22(21)36-13-23(33)34)32-24(35)31-18-2-1-15-5-6-30-20(15)10-18/h1-11,30H,12-13H2,(H2,31,32,35). The molecule has 1 aliphatic heterocycles. The minimum absolute atomic E-state index is 0.0239. The van der Waals surface area contributed by atoms with E-state index in [1.54, 1.807) is 18.3 Å². The first-order valence-corrected chi connectivity index (χ1v) is 10.7. The fourth-order valence-electron chi connectivity index (χ4n) is 3.96. The van der Waals surface area contributed by atoms with Crippen LogP contribution in [0.1, 0.15) is 11.1 Å². The number of ether oxygens (including phenoxy) is 1. The number of amides is 3. The van der Waals surface area contributed by atoms with E-state index in [1.807, 2.05) is 12.1 Å². The van der Waals surface area contributed by atoms with Crippen LogP contribution in [0.5, 0.6) is 5.75 Å². The zero-order valence-corrected chi connectivity index (χ0v) is 18.4. The summed E-state index contributed by atoms with van der Waals surface area (Å²) < 4.78 is 58.5. The average Bonchev–Trinajstić information content (AvgIpc) is 3.28. The Kier molecular flexibility index (Phi) is 5.75. The minimum atomic E-state index is -4.72. The molecule has 0 saturated heterocycles. The fraction of sp³-hybridized carbons (Fsp3) is 0.120. The van der Waals surface area contributed by atoms with Crippen molar-refractivity contribution in [3.8, 4) is 5.75 Å². The zero-order valence-electron chi connectivity index (χ0n) is 18.4. The summed E-state index contributed by atoms with van der Waals surface area (Å²) >= 11 is 0. The number of H-pyrrole nitrogens is 1. The minimum Gasteiger partial charge on any atom is -0.481 e. The van der Waals surface area contributed by atoms with Gasteiger partial charge in [0.15, 0.2) is 6.61 Å². The third-order valence-electron chi connectivity index (χ3n) is 5.60. The fourth-order valence-corrected chi connectivity index (χ4v) is 3.96. The number of urea groups is 1. The molecule has 3 amide bonds. The van der Waals surface area contributed by atoms with Gasteiger partial charge in [-0.05, 0) is 59.5 Å². The van der Waals surface area contributed by atoms with Crippen molar-refractivity contribution >= 4 is 39.9 Å². The van der Waals surface area contributed by atoms with Crippen LogP contribution in [0.25, 0.3) is 10.9 Å². The number of aromatic nitrogens is 1. The Hall–Kier alpha value is -4.54. The van der Waals surface area contributed by atoms with Crippen LogP contribution in [0.2, 0.25) is 0 Å². The van der Waals surface area contributed by atoms with E-state index in [1.165, 1.54) is 23.1 Å². The van der Waals surface area contributed by atoms with Crippen LogP contribution >= 0.6 is 0 Å². The Bertz CT molecular complexity index is 1480. The van der Waals surface area contributed by atoms with Crippen molar-refractivity contribution in [3.05, 3.63) is 83.8 Å². The van der Waals surface area contributed by atoms with E-state index in [4.69, 9.17) is 4.74 Å². The monoisotopic (exact) mass is 498 g/mol. The average molecular weight is 498 g/mol. The molecule has 36 heavy (non-hydrogen) atoms. The molecule has 4 aromatic rings. The molecule has 0 unspecified atom stereocenters. The lowest BCUT2D eigenvalue weighted by Gasteiger charge is -2.30. The van der Waals surface area contributed by atoms with Gasteiger partial charge in [0, 0.05) is 29.2 Å². The van der Waals surface area contributed by atoms with E-state index < -0.39 is 29.5 Å². The molecular formula is C25H18F4N4O3. The number of hydrogen-bond donors (Lipinski definition) is 3. The lowest BCUT2D eigenvalue weighted by atomic mass is 10.1. The zero-order chi connectivity index (χ0) is 25.4. The topological polar surface area (TPSA) is 86.5 Å². The summed E-state index contributed by atoms with van der Waals surface area (Å²) in [6.07, 6.45) is -2.93. The van der Waals surface area contributed by atoms with Gasteiger partial charge in [-0.2, -0.15) is 13.2 Å². The van der Waals surface area contributed by atoms with Gasteiger partial charge in [0.2, 0.25) is 0 Å². The van der Waals surface area contributed by atoms with Crippen molar-refractivity contribution in [2.75, 3.05) is 22.1 Å². The number of hydrogen-bond acceptors (Lipinski definition) is 3. The van der Waals surface area contributed by atoms with Crippen molar-refractivity contribution in [3.63, 3.8) is 0 Å². The van der Waals surface area contributed by atoms with Crippen molar-refractivity contribution in [2.24, 2.45) is 0 Å². The first-order chi connectivity index (χ1) is 17.2. The highest BCUT2D eigenvalue weighted by molar-refractivity contribution is 6.02. The molecule has 0 bridgehead atoms. The predicted molar refractivity (Wildman–Crippen MR) is 125 cm³/mol. The van der Waals surface area contributed by atoms with Crippen molar-refractivity contribution < 1.29 is 31.9 Å². The molecule has 0 spiro atoms. The first-order valence-electron chi connectivity index (χ1n) is 10.7. The number of aromatic amines is 1. The predicted octanol–water partition coefficient (Wildman–Crippen LogP) is 5.90. The van der Waals surface area contributed by atoms with Crippen LogP contribution in [0.4, 0.5) is 39.4 Å². The van der Waals surface area contributed by atoms with Gasteiger partial charge in [0.05, 0.1) is 17.8 Å². The summed E-state index contributed by atoms with van der Waals surface area (Å²) in [4.78, 5) is 29.2. The Labute approximate surface area is 201 Å². The lowest BCUT2D eigenvalue weighted by molar-refractivity contribution is -0.137. The maximum absolute atomic E-state index is 13.8. The highest BCUT2D eigenvalue weighted by Gasteiger charge is 2.32. The molecule has 0 radical (unpaired) electrons. The SMILES string of the molecule is O=C(Nc1ccc2c(c1)OCC(=O)N2Cc1cc(F)cc(C(F)(F)F)c1)Nc1ccc2cc[nH]c2c1. The maximum Gasteiger partial charge on any atom is 0.416 e. The van der Waals surface area contributed by atoms with Crippen LogP contribution < -0.4 is 20.3 Å². The van der Waals surface area contributed by atoms with Gasteiger partial charge in [-0.3, -0.25) is 4.79 Å². The number of carbonyl (C=O) groups is 2. The molecule has 1 aromatic heterocycles. The number of benzene rings is 3. The molecule has 0 atom stereocenters. The third kappa shape index (κ3) is 4.81. The molecule has 11 heteroatoms. The third-order valence-corrected chi connectivity index (χ3v) is 5.60. The van der Waals surface area contributed by atoms with E-state index in [-0.39, 0.29) is 30.2 Å². The van der Waals surface area contributed by atoms with Crippen molar-refractivity contribution in [1.29, 1.82) is 0 Å². The molecule has 3 N–H and O–H groups in total. The number of rotatable bonds is 4. The second-order valence-electron chi connectivity index (χ2n) is 8.16. The quantitative estimate of drug-likeness (QED) is 0.307. The number of carbonyl (C=O) groups excluding carboxylic acids is 2. The smallest absolute Gasteiger partial charge is 0.416 e. The van der Waals surface area contributed by atoms with E-state index in [0.717, 1.165) is 23.0 Å². The Morgan fingerprint density at radius 3 is 2.53 bits per heavy atom. The first kappa shape index (κ1) is 23.2. The summed E-state index contributed by atoms with van der Waals surface area (Å²) in [6.45, 7) is -0.648. The molecule has 184 valence electrons. The molecule has 5 rings (SSSR count). The van der Waals surface area contributed by atoms with Crippen molar-refractivity contribution in [1.82, 2.24) is 4.98 Å². The number of anilines is 3. The number of alkyl halides is 3. The Morgan fingerprint density at radius 1 is 1.00 bits per heavy atom. The summed E-state index contributed by atoms with van der Waals surface area (Å²) in [7, 11) is 0. The molecular weight excluding hydrogens is 480 g/mol. The highest BCUT2D eigenvalue weighted by atomic mass is 19.4. The van der Waals surface area contributed by atoms with E-state index >= 15 is 0 Å².